The Morgan fingerprint density at radius 3 is 2.96 bits per heavy atom. The van der Waals surface area contributed by atoms with Crippen molar-refractivity contribution < 1.29 is 4.79 Å². The van der Waals surface area contributed by atoms with E-state index in [2.05, 4.69) is 22.5 Å². The number of hydrogen-bond acceptors (Lipinski definition) is 4. The Morgan fingerprint density at radius 2 is 2.20 bits per heavy atom. The van der Waals surface area contributed by atoms with Gasteiger partial charge in [0.15, 0.2) is 4.96 Å². The van der Waals surface area contributed by atoms with Crippen LogP contribution in [-0.4, -0.2) is 33.0 Å². The fourth-order valence-electron chi connectivity index (χ4n) is 2.61. The molecule has 0 aliphatic rings. The Hall–Kier alpha value is -1.50. The van der Waals surface area contributed by atoms with Crippen molar-refractivity contribution in [3.05, 3.63) is 57.3 Å². The third-order valence-electron chi connectivity index (χ3n) is 3.94. The Bertz CT molecular complexity index is 903. The summed E-state index contributed by atoms with van der Waals surface area (Å²) in [5.41, 5.74) is 3.20. The minimum Gasteiger partial charge on any atom is -0.339 e. The molecular formula is C18H20ClN3OS2. The van der Waals surface area contributed by atoms with E-state index >= 15 is 0 Å². The molecule has 4 nitrogen and oxygen atoms in total. The Balaban J connectivity index is 1.57. The van der Waals surface area contributed by atoms with Gasteiger partial charge in [-0.2, -0.15) is 0 Å². The molecule has 0 spiro atoms. The minimum absolute atomic E-state index is 0.119. The molecule has 3 aromatic rings. The molecule has 2 heterocycles. The first kappa shape index (κ1) is 18.3. The van der Waals surface area contributed by atoms with E-state index in [1.54, 1.807) is 28.0 Å². The van der Waals surface area contributed by atoms with Crippen LogP contribution in [0.2, 0.25) is 5.02 Å². The second-order valence-corrected chi connectivity index (χ2v) is 8.65. The van der Waals surface area contributed by atoms with Crippen molar-refractivity contribution in [1.29, 1.82) is 0 Å². The average molecular weight is 394 g/mol. The van der Waals surface area contributed by atoms with E-state index in [1.165, 1.54) is 4.88 Å². The van der Waals surface area contributed by atoms with Gasteiger partial charge < -0.3 is 4.90 Å². The van der Waals surface area contributed by atoms with E-state index in [-0.39, 0.29) is 5.91 Å². The van der Waals surface area contributed by atoms with Gasteiger partial charge in [0.1, 0.15) is 0 Å². The van der Waals surface area contributed by atoms with Crippen LogP contribution >= 0.6 is 34.7 Å². The van der Waals surface area contributed by atoms with Crippen LogP contribution in [0, 0.1) is 13.8 Å². The lowest BCUT2D eigenvalue weighted by molar-refractivity contribution is -0.127. The molecule has 132 valence electrons. The van der Waals surface area contributed by atoms with Crippen LogP contribution in [0.5, 0.6) is 0 Å². The maximum Gasteiger partial charge on any atom is 0.232 e. The predicted octanol–water partition coefficient (Wildman–Crippen LogP) is 4.56. The molecule has 0 bridgehead atoms. The molecule has 0 aliphatic heterocycles. The first-order valence-corrected chi connectivity index (χ1v) is 10.3. The van der Waals surface area contributed by atoms with E-state index in [0.717, 1.165) is 32.7 Å². The molecule has 0 atom stereocenters. The van der Waals surface area contributed by atoms with E-state index < -0.39 is 0 Å². The lowest BCUT2D eigenvalue weighted by atomic mass is 10.2. The highest BCUT2D eigenvalue weighted by Crippen LogP contribution is 2.22. The molecule has 3 rings (SSSR count). The van der Waals surface area contributed by atoms with Gasteiger partial charge in [-0.25, -0.2) is 4.98 Å². The standard InChI is InChI=1S/C18H20ClN3OS2/c1-12-8-22-16(13(2)20-18(22)25-12)9-21(3)17(23)11-24-10-14-5-4-6-15(19)7-14/h4-8H,9-11H2,1-3H3. The fourth-order valence-corrected chi connectivity index (χ4v) is 4.62. The van der Waals surface area contributed by atoms with Crippen LogP contribution < -0.4 is 0 Å². The highest BCUT2D eigenvalue weighted by Gasteiger charge is 2.16. The molecule has 7 heteroatoms. The molecule has 1 aromatic carbocycles. The van der Waals surface area contributed by atoms with Gasteiger partial charge in [0, 0.05) is 28.9 Å². The average Bonchev–Trinajstić information content (AvgIpc) is 3.04. The van der Waals surface area contributed by atoms with Crippen molar-refractivity contribution >= 4 is 45.6 Å². The Morgan fingerprint density at radius 1 is 1.40 bits per heavy atom. The van der Waals surface area contributed by atoms with Crippen LogP contribution in [0.1, 0.15) is 21.8 Å². The monoisotopic (exact) mass is 393 g/mol. The van der Waals surface area contributed by atoms with Gasteiger partial charge in [-0.1, -0.05) is 23.7 Å². The number of fused-ring (bicyclic) bond motifs is 1. The van der Waals surface area contributed by atoms with Crippen LogP contribution in [0.25, 0.3) is 4.96 Å². The number of thiazole rings is 1. The summed E-state index contributed by atoms with van der Waals surface area (Å²) in [5, 5.41) is 0.729. The summed E-state index contributed by atoms with van der Waals surface area (Å²) in [7, 11) is 1.85. The largest absolute Gasteiger partial charge is 0.339 e. The summed E-state index contributed by atoms with van der Waals surface area (Å²) in [6.07, 6.45) is 2.08. The zero-order valence-corrected chi connectivity index (χ0v) is 16.8. The minimum atomic E-state index is 0.119. The molecule has 1 amide bonds. The number of amides is 1. The molecule has 2 aromatic heterocycles. The summed E-state index contributed by atoms with van der Waals surface area (Å²) in [4.78, 5) is 21.0. The van der Waals surface area contributed by atoms with E-state index in [4.69, 9.17) is 11.6 Å². The summed E-state index contributed by atoms with van der Waals surface area (Å²) in [6.45, 7) is 4.64. The van der Waals surface area contributed by atoms with Crippen molar-refractivity contribution in [2.75, 3.05) is 12.8 Å². The number of rotatable bonds is 6. The van der Waals surface area contributed by atoms with Crippen LogP contribution in [0.3, 0.4) is 0 Å². The number of imidazole rings is 1. The molecule has 0 unspecified atom stereocenters. The maximum absolute atomic E-state index is 12.4. The summed E-state index contributed by atoms with van der Waals surface area (Å²) >= 11 is 9.26. The Kier molecular flexibility index (Phi) is 5.71. The highest BCUT2D eigenvalue weighted by molar-refractivity contribution is 7.99. The number of carbonyl (C=O) groups is 1. The molecule has 0 fully saturated rings. The fraction of sp³-hybridized carbons (Fsp3) is 0.333. The highest BCUT2D eigenvalue weighted by atomic mass is 35.5. The van der Waals surface area contributed by atoms with E-state index in [1.807, 2.05) is 38.2 Å². The Labute approximate surface area is 160 Å². The number of aryl methyl sites for hydroxylation is 2. The zero-order chi connectivity index (χ0) is 18.0. The lowest BCUT2D eigenvalue weighted by Gasteiger charge is -2.17. The molecule has 0 aliphatic carbocycles. The predicted molar refractivity (Wildman–Crippen MR) is 107 cm³/mol. The van der Waals surface area contributed by atoms with Gasteiger partial charge >= 0.3 is 0 Å². The maximum atomic E-state index is 12.4. The van der Waals surface area contributed by atoms with E-state index in [0.29, 0.717) is 12.3 Å². The quantitative estimate of drug-likeness (QED) is 0.616. The van der Waals surface area contributed by atoms with Crippen molar-refractivity contribution in [2.45, 2.75) is 26.1 Å². The summed E-state index contributed by atoms with van der Waals surface area (Å²) in [5.74, 6) is 1.35. The third-order valence-corrected chi connectivity index (χ3v) is 6.06. The topological polar surface area (TPSA) is 37.6 Å². The third kappa shape index (κ3) is 4.37. The van der Waals surface area contributed by atoms with Gasteiger partial charge in [-0.05, 0) is 31.5 Å². The molecular weight excluding hydrogens is 374 g/mol. The number of hydrogen-bond donors (Lipinski definition) is 0. The van der Waals surface area contributed by atoms with Crippen molar-refractivity contribution in [1.82, 2.24) is 14.3 Å². The number of carbonyl (C=O) groups excluding carboxylic acids is 1. The number of nitrogens with zero attached hydrogens (tertiary/aromatic N) is 3. The van der Waals surface area contributed by atoms with Gasteiger partial charge in [-0.3, -0.25) is 9.20 Å². The number of halogens is 1. The molecule has 0 saturated heterocycles. The van der Waals surface area contributed by atoms with Gasteiger partial charge in [0.2, 0.25) is 5.91 Å². The lowest BCUT2D eigenvalue weighted by Crippen LogP contribution is -2.28. The smallest absolute Gasteiger partial charge is 0.232 e. The van der Waals surface area contributed by atoms with Crippen molar-refractivity contribution in [3.8, 4) is 0 Å². The van der Waals surface area contributed by atoms with Gasteiger partial charge in [-0.15, -0.1) is 23.1 Å². The number of benzene rings is 1. The van der Waals surface area contributed by atoms with Crippen LogP contribution in [0.15, 0.2) is 30.5 Å². The first-order chi connectivity index (χ1) is 11.9. The SMILES string of the molecule is Cc1cn2c(CN(C)C(=O)CSCc3cccc(Cl)c3)c(C)nc2s1. The van der Waals surface area contributed by atoms with Crippen LogP contribution in [-0.2, 0) is 17.1 Å². The van der Waals surface area contributed by atoms with Gasteiger partial charge in [0.05, 0.1) is 23.7 Å². The molecule has 25 heavy (non-hydrogen) atoms. The summed E-state index contributed by atoms with van der Waals surface area (Å²) in [6, 6.07) is 7.75. The number of aromatic nitrogens is 2. The second-order valence-electron chi connectivity index (χ2n) is 6.01. The summed E-state index contributed by atoms with van der Waals surface area (Å²) < 4.78 is 2.10. The van der Waals surface area contributed by atoms with Crippen LogP contribution in [0.4, 0.5) is 0 Å². The molecule has 0 saturated carbocycles. The first-order valence-electron chi connectivity index (χ1n) is 7.94. The molecule has 0 N–H and O–H groups in total. The van der Waals surface area contributed by atoms with E-state index in [9.17, 15) is 4.79 Å². The number of thioether (sulfide) groups is 1. The van der Waals surface area contributed by atoms with Crippen molar-refractivity contribution in [2.24, 2.45) is 0 Å². The second kappa shape index (κ2) is 7.81. The van der Waals surface area contributed by atoms with Crippen molar-refractivity contribution in [3.63, 3.8) is 0 Å². The molecule has 0 radical (unpaired) electrons. The normalized spacial score (nSPS) is 11.2. The zero-order valence-electron chi connectivity index (χ0n) is 14.5. The van der Waals surface area contributed by atoms with Gasteiger partial charge in [0.25, 0.3) is 0 Å².